The number of unbranched alkanes of at least 4 members (excludes halogenated alkanes) is 2. The van der Waals surface area contributed by atoms with Crippen molar-refractivity contribution >= 4 is 0 Å². The van der Waals surface area contributed by atoms with Crippen LogP contribution in [0.1, 0.15) is 79.1 Å². The summed E-state index contributed by atoms with van der Waals surface area (Å²) in [5.74, 6) is 0. The molecule has 0 aromatic heterocycles. The van der Waals surface area contributed by atoms with Gasteiger partial charge in [-0.05, 0) is 0 Å². The van der Waals surface area contributed by atoms with Gasteiger partial charge in [0, 0.05) is 0 Å². The molecule has 140 valence electrons. The minimum Gasteiger partial charge on any atom is -1.00 e. The van der Waals surface area contributed by atoms with Crippen molar-refractivity contribution in [2.45, 2.75) is 88.5 Å². The maximum absolute atomic E-state index is 2.59. The van der Waals surface area contributed by atoms with Crippen LogP contribution >= 0.6 is 0 Å². The molecule has 0 amide bonds. The number of rotatable bonds is 8. The van der Waals surface area contributed by atoms with Crippen LogP contribution in [0.15, 0.2) is 42.2 Å². The van der Waals surface area contributed by atoms with Crippen LogP contribution in [-0.2, 0) is 16.6 Å². The van der Waals surface area contributed by atoms with Crippen molar-refractivity contribution in [2.75, 3.05) is 0 Å². The largest absolute Gasteiger partial charge is 1.00 e. The van der Waals surface area contributed by atoms with E-state index in [-0.39, 0.29) is 24.8 Å². The summed E-state index contributed by atoms with van der Waals surface area (Å²) in [7, 11) is 0. The van der Waals surface area contributed by atoms with Crippen LogP contribution in [0.4, 0.5) is 0 Å². The first-order valence-corrected chi connectivity index (χ1v) is 13.7. The van der Waals surface area contributed by atoms with Crippen molar-refractivity contribution in [2.24, 2.45) is 0 Å². The molecule has 2 aliphatic carbocycles. The summed E-state index contributed by atoms with van der Waals surface area (Å²) >= 11 is -1.81. The summed E-state index contributed by atoms with van der Waals surface area (Å²) in [5, 5.41) is 0. The Labute approximate surface area is 171 Å². The molecule has 0 unspecified atom stereocenters. The normalized spacial score (nSPS) is 19.7. The van der Waals surface area contributed by atoms with Gasteiger partial charge < -0.3 is 24.8 Å². The van der Waals surface area contributed by atoms with E-state index in [2.05, 4.69) is 39.8 Å². The van der Waals surface area contributed by atoms with Gasteiger partial charge in [-0.15, -0.1) is 0 Å². The van der Waals surface area contributed by atoms with Crippen LogP contribution in [0.5, 0.6) is 0 Å². The number of hydrogen-bond acceptors (Lipinski definition) is 0. The number of halogens is 2. The Morgan fingerprint density at radius 1 is 0.760 bits per heavy atom. The molecular formula is C22H34Cl2Ti. The summed E-state index contributed by atoms with van der Waals surface area (Å²) < 4.78 is 7.11. The van der Waals surface area contributed by atoms with Crippen LogP contribution in [0.2, 0.25) is 9.45 Å². The second-order valence-electron chi connectivity index (χ2n) is 7.86. The molecule has 0 spiro atoms. The van der Waals surface area contributed by atoms with Gasteiger partial charge in [0.15, 0.2) is 0 Å². The summed E-state index contributed by atoms with van der Waals surface area (Å²) in [5.41, 5.74) is 6.87. The van der Waals surface area contributed by atoms with Crippen LogP contribution in [0, 0.1) is 0 Å². The smallest absolute Gasteiger partial charge is 1.00 e. The second-order valence-corrected chi connectivity index (χ2v) is 14.7. The molecule has 3 aliphatic rings. The van der Waals surface area contributed by atoms with Gasteiger partial charge in [-0.2, -0.15) is 0 Å². The van der Waals surface area contributed by atoms with Gasteiger partial charge in [0.2, 0.25) is 0 Å². The van der Waals surface area contributed by atoms with Gasteiger partial charge in [-0.1, -0.05) is 0 Å². The molecule has 3 heteroatoms. The molecule has 0 bridgehead atoms. The average Bonchev–Trinajstić information content (AvgIpc) is 3.13. The maximum atomic E-state index is 2.59. The summed E-state index contributed by atoms with van der Waals surface area (Å²) in [6.45, 7) is 9.52. The van der Waals surface area contributed by atoms with Crippen LogP contribution in [0.3, 0.4) is 0 Å². The molecule has 25 heavy (non-hydrogen) atoms. The molecule has 0 nitrogen and oxygen atoms in total. The molecule has 0 aromatic carbocycles. The van der Waals surface area contributed by atoms with Gasteiger partial charge in [0.1, 0.15) is 0 Å². The predicted molar refractivity (Wildman–Crippen MR) is 99.5 cm³/mol. The van der Waals surface area contributed by atoms with Gasteiger partial charge in [0.05, 0.1) is 0 Å². The van der Waals surface area contributed by atoms with E-state index in [0.29, 0.717) is 0 Å². The molecule has 0 atom stereocenters. The molecule has 0 N–H and O–H groups in total. The minimum absolute atomic E-state index is 0. The van der Waals surface area contributed by atoms with Crippen LogP contribution < -0.4 is 24.8 Å². The first kappa shape index (κ1) is 23.3. The van der Waals surface area contributed by atoms with E-state index in [1.807, 2.05) is 7.76 Å². The molecule has 3 rings (SSSR count). The minimum atomic E-state index is -1.81. The SMILES string of the molecule is CCCCC1=CC[C]([Ti+2]2([C]3=C(C)C(CCCC)=CC3)[CH2][CH2]2)=C1C.[Cl-].[Cl-]. The van der Waals surface area contributed by atoms with E-state index in [0.717, 1.165) is 0 Å². The average molecular weight is 417 g/mol. The van der Waals surface area contributed by atoms with Gasteiger partial charge in [-0.25, -0.2) is 0 Å². The van der Waals surface area contributed by atoms with E-state index < -0.39 is 16.6 Å². The fourth-order valence-electron chi connectivity index (χ4n) is 4.78. The first-order chi connectivity index (χ1) is 11.1. The summed E-state index contributed by atoms with van der Waals surface area (Å²) in [6, 6.07) is 0. The zero-order valence-electron chi connectivity index (χ0n) is 16.5. The third-order valence-corrected chi connectivity index (χ3v) is 14.2. The quantitative estimate of drug-likeness (QED) is 0.527. The number of hydrogen-bond donors (Lipinski definition) is 0. The Balaban J connectivity index is 0.00000156. The van der Waals surface area contributed by atoms with E-state index >= 15 is 0 Å². The Bertz CT molecular complexity index is 554. The van der Waals surface area contributed by atoms with Crippen LogP contribution in [-0.4, -0.2) is 0 Å². The van der Waals surface area contributed by atoms with E-state index in [9.17, 15) is 0 Å². The zero-order valence-corrected chi connectivity index (χ0v) is 19.6. The third-order valence-electron chi connectivity index (χ3n) is 6.48. The Kier molecular flexibility index (Phi) is 9.30. The molecule has 1 heterocycles. The van der Waals surface area contributed by atoms with E-state index in [4.69, 9.17) is 0 Å². The van der Waals surface area contributed by atoms with Crippen molar-refractivity contribution in [3.63, 3.8) is 0 Å². The first-order valence-electron chi connectivity index (χ1n) is 9.93. The molecule has 0 radical (unpaired) electrons. The number of allylic oxidation sites excluding steroid dienone is 8. The predicted octanol–water partition coefficient (Wildman–Crippen LogP) is 1.59. The molecular weight excluding hydrogens is 383 g/mol. The fourth-order valence-corrected chi connectivity index (χ4v) is 13.5. The van der Waals surface area contributed by atoms with Crippen molar-refractivity contribution in [1.29, 1.82) is 0 Å². The fraction of sp³-hybridized carbons (Fsp3) is 0.636. The van der Waals surface area contributed by atoms with Gasteiger partial charge in [-0.3, -0.25) is 0 Å². The topological polar surface area (TPSA) is 0 Å². The van der Waals surface area contributed by atoms with Gasteiger partial charge >= 0.3 is 147 Å². The second kappa shape index (κ2) is 9.98. The Morgan fingerprint density at radius 2 is 1.16 bits per heavy atom. The molecule has 0 saturated carbocycles. The van der Waals surface area contributed by atoms with E-state index in [1.165, 1.54) is 51.4 Å². The monoisotopic (exact) mass is 416 g/mol. The van der Waals surface area contributed by atoms with Crippen molar-refractivity contribution in [3.8, 4) is 0 Å². The standard InChI is InChI=1S/2C10H15.C2H4.2ClH.Ti/c2*1-3-4-7-10-8-5-6-9(10)2;1-2;;;/h2*8H,3-5,7H2,1-2H3;1-2H2;2*1H;/q;;;;;+2/p-2. The Hall–Kier alpha value is 0.254. The Morgan fingerprint density at radius 3 is 1.48 bits per heavy atom. The van der Waals surface area contributed by atoms with Crippen molar-refractivity contribution in [1.82, 2.24) is 0 Å². The zero-order chi connectivity index (χ0) is 16.4. The molecule has 1 aliphatic heterocycles. The van der Waals surface area contributed by atoms with Crippen molar-refractivity contribution in [3.05, 3.63) is 42.2 Å². The summed E-state index contributed by atoms with van der Waals surface area (Å²) in [4.78, 5) is 0. The van der Waals surface area contributed by atoms with Crippen molar-refractivity contribution < 1.29 is 41.4 Å². The molecule has 1 fully saturated rings. The van der Waals surface area contributed by atoms with E-state index in [1.54, 1.807) is 31.7 Å². The maximum Gasteiger partial charge on any atom is -1.00 e. The van der Waals surface area contributed by atoms with Crippen LogP contribution in [0.25, 0.3) is 0 Å². The van der Waals surface area contributed by atoms with Gasteiger partial charge in [0.25, 0.3) is 0 Å². The third kappa shape index (κ3) is 4.57. The molecule has 1 saturated heterocycles. The summed E-state index contributed by atoms with van der Waals surface area (Å²) in [6.07, 6.45) is 15.8. The molecule has 0 aromatic rings.